The van der Waals surface area contributed by atoms with Crippen LogP contribution in [-0.2, 0) is 25.7 Å². The van der Waals surface area contributed by atoms with Gasteiger partial charge in [-0.2, -0.15) is 0 Å². The number of likely N-dealkylation sites (tertiary alicyclic amines) is 1. The number of benzene rings is 1. The monoisotopic (exact) mass is 307 g/mol. The summed E-state index contributed by atoms with van der Waals surface area (Å²) in [6.07, 6.45) is 0.495. The molecule has 1 N–H and O–H groups in total. The lowest BCUT2D eigenvalue weighted by Crippen LogP contribution is -2.39. The van der Waals surface area contributed by atoms with Crippen molar-refractivity contribution < 1.29 is 24.2 Å². The number of aliphatic carboxylic acids is 1. The molecule has 0 bridgehead atoms. The third-order valence-corrected chi connectivity index (χ3v) is 3.75. The molecule has 1 aliphatic heterocycles. The van der Waals surface area contributed by atoms with Gasteiger partial charge in [-0.1, -0.05) is 30.3 Å². The highest BCUT2D eigenvalue weighted by Gasteiger charge is 2.37. The van der Waals surface area contributed by atoms with Crippen LogP contribution in [0, 0.1) is 5.92 Å². The van der Waals surface area contributed by atoms with E-state index in [2.05, 4.69) is 0 Å². The summed E-state index contributed by atoms with van der Waals surface area (Å²) in [6, 6.07) is 8.74. The van der Waals surface area contributed by atoms with Gasteiger partial charge in [-0.15, -0.1) is 0 Å². The van der Waals surface area contributed by atoms with Crippen molar-refractivity contribution in [1.82, 2.24) is 4.90 Å². The zero-order valence-corrected chi connectivity index (χ0v) is 12.6. The minimum Gasteiger partial charge on any atom is -0.480 e. The van der Waals surface area contributed by atoms with Gasteiger partial charge in [-0.3, -0.25) is 14.5 Å². The maximum Gasteiger partial charge on any atom is 0.320 e. The Morgan fingerprint density at radius 2 is 2.05 bits per heavy atom. The molecule has 6 nitrogen and oxygen atoms in total. The summed E-state index contributed by atoms with van der Waals surface area (Å²) in [5, 5.41) is 9.26. The lowest BCUT2D eigenvalue weighted by atomic mass is 10.1. The van der Waals surface area contributed by atoms with Crippen molar-refractivity contribution in [2.75, 3.05) is 26.8 Å². The molecule has 1 fully saturated rings. The fourth-order valence-electron chi connectivity index (χ4n) is 2.74. The molecule has 0 amide bonds. The average molecular weight is 307 g/mol. The van der Waals surface area contributed by atoms with Crippen molar-refractivity contribution in [2.45, 2.75) is 19.1 Å². The number of carbonyl (C=O) groups excluding carboxylic acids is 1. The highest BCUT2D eigenvalue weighted by molar-refractivity contribution is 5.76. The first-order valence-corrected chi connectivity index (χ1v) is 7.25. The molecule has 1 aromatic carbocycles. The van der Waals surface area contributed by atoms with Crippen LogP contribution in [0.3, 0.4) is 0 Å². The van der Waals surface area contributed by atoms with Gasteiger partial charge in [0, 0.05) is 13.7 Å². The third kappa shape index (κ3) is 4.54. The highest BCUT2D eigenvalue weighted by Crippen LogP contribution is 2.23. The number of carboxylic acid groups (broad SMARTS) is 1. The molecule has 0 radical (unpaired) electrons. The van der Waals surface area contributed by atoms with Crippen molar-refractivity contribution in [1.29, 1.82) is 0 Å². The Hall–Kier alpha value is -1.92. The molecule has 22 heavy (non-hydrogen) atoms. The van der Waals surface area contributed by atoms with Gasteiger partial charge in [0.15, 0.2) is 0 Å². The molecule has 6 heteroatoms. The largest absolute Gasteiger partial charge is 0.480 e. The summed E-state index contributed by atoms with van der Waals surface area (Å²) in [4.78, 5) is 24.9. The first kappa shape index (κ1) is 16.5. The van der Waals surface area contributed by atoms with Crippen molar-refractivity contribution in [2.24, 2.45) is 5.92 Å². The number of esters is 1. The number of ether oxygens (including phenoxy) is 2. The second-order valence-electron chi connectivity index (χ2n) is 5.49. The summed E-state index contributed by atoms with van der Waals surface area (Å²) < 4.78 is 10.3. The molecule has 2 atom stereocenters. The molecule has 120 valence electrons. The molecule has 0 saturated carbocycles. The van der Waals surface area contributed by atoms with Crippen molar-refractivity contribution in [3.63, 3.8) is 0 Å². The molecule has 0 aliphatic carbocycles. The summed E-state index contributed by atoms with van der Waals surface area (Å²) in [7, 11) is 1.59. The third-order valence-electron chi connectivity index (χ3n) is 3.75. The SMILES string of the molecule is COC[C@H]1C[C@@H](C(=O)O)N(CC(=O)OCc2ccccc2)C1. The van der Waals surface area contributed by atoms with Crippen LogP contribution < -0.4 is 0 Å². The molecule has 1 saturated heterocycles. The van der Waals surface area contributed by atoms with Crippen LogP contribution in [0.2, 0.25) is 0 Å². The van der Waals surface area contributed by atoms with Gasteiger partial charge in [-0.25, -0.2) is 0 Å². The van der Waals surface area contributed by atoms with E-state index in [4.69, 9.17) is 9.47 Å². The van der Waals surface area contributed by atoms with E-state index >= 15 is 0 Å². The molecule has 2 rings (SSSR count). The normalized spacial score (nSPS) is 21.7. The Morgan fingerprint density at radius 1 is 1.32 bits per heavy atom. The van der Waals surface area contributed by atoms with E-state index < -0.39 is 18.0 Å². The standard InChI is InChI=1S/C16H21NO5/c1-21-10-13-7-14(16(19)20)17(8-13)9-15(18)22-11-12-5-3-2-4-6-12/h2-6,13-14H,7-11H2,1H3,(H,19,20)/t13-,14-/m0/s1. The van der Waals surface area contributed by atoms with E-state index in [1.165, 1.54) is 0 Å². The van der Waals surface area contributed by atoms with Crippen molar-refractivity contribution >= 4 is 11.9 Å². The molecule has 0 spiro atoms. The highest BCUT2D eigenvalue weighted by atomic mass is 16.5. The van der Waals surface area contributed by atoms with Gasteiger partial charge in [0.2, 0.25) is 0 Å². The molecular formula is C16H21NO5. The minimum absolute atomic E-state index is 0.00991. The van der Waals surface area contributed by atoms with E-state index in [0.29, 0.717) is 19.6 Å². The Kier molecular flexibility index (Phi) is 5.91. The average Bonchev–Trinajstić information content (AvgIpc) is 2.89. The predicted octanol–water partition coefficient (Wildman–Crippen LogP) is 1.15. The van der Waals surface area contributed by atoms with E-state index in [9.17, 15) is 14.7 Å². The summed E-state index contributed by atoms with van der Waals surface area (Å²) in [5.41, 5.74) is 0.907. The van der Waals surface area contributed by atoms with Gasteiger partial charge in [0.1, 0.15) is 12.6 Å². The van der Waals surface area contributed by atoms with Crippen LogP contribution in [0.25, 0.3) is 0 Å². The maximum atomic E-state index is 11.9. The second-order valence-corrected chi connectivity index (χ2v) is 5.49. The summed E-state index contributed by atoms with van der Waals surface area (Å²) in [5.74, 6) is -1.18. The first-order valence-electron chi connectivity index (χ1n) is 7.25. The smallest absolute Gasteiger partial charge is 0.320 e. The first-order chi connectivity index (χ1) is 10.6. The summed E-state index contributed by atoms with van der Waals surface area (Å²) >= 11 is 0. The maximum absolute atomic E-state index is 11.9. The van der Waals surface area contributed by atoms with Crippen LogP contribution >= 0.6 is 0 Å². The number of carboxylic acids is 1. The van der Waals surface area contributed by atoms with Crippen LogP contribution in [0.15, 0.2) is 30.3 Å². The van der Waals surface area contributed by atoms with Crippen molar-refractivity contribution in [3.05, 3.63) is 35.9 Å². The van der Waals surface area contributed by atoms with E-state index in [1.54, 1.807) is 12.0 Å². The van der Waals surface area contributed by atoms with E-state index in [0.717, 1.165) is 5.56 Å². The zero-order valence-electron chi connectivity index (χ0n) is 12.6. The lowest BCUT2D eigenvalue weighted by molar-refractivity contribution is -0.149. The fraction of sp³-hybridized carbons (Fsp3) is 0.500. The number of rotatable bonds is 7. The Labute approximate surface area is 129 Å². The van der Waals surface area contributed by atoms with E-state index in [1.807, 2.05) is 30.3 Å². The van der Waals surface area contributed by atoms with Crippen LogP contribution in [-0.4, -0.2) is 54.8 Å². The zero-order chi connectivity index (χ0) is 15.9. The van der Waals surface area contributed by atoms with Gasteiger partial charge in [0.05, 0.1) is 13.2 Å². The predicted molar refractivity (Wildman–Crippen MR) is 79.2 cm³/mol. The van der Waals surface area contributed by atoms with Crippen LogP contribution in [0.5, 0.6) is 0 Å². The quantitative estimate of drug-likeness (QED) is 0.762. The molecular weight excluding hydrogens is 286 g/mol. The number of hydrogen-bond acceptors (Lipinski definition) is 5. The number of carbonyl (C=O) groups is 2. The van der Waals surface area contributed by atoms with Gasteiger partial charge in [-0.05, 0) is 17.9 Å². The topological polar surface area (TPSA) is 76.1 Å². The van der Waals surface area contributed by atoms with Gasteiger partial charge >= 0.3 is 11.9 Å². The lowest BCUT2D eigenvalue weighted by Gasteiger charge is -2.19. The Morgan fingerprint density at radius 3 is 2.68 bits per heavy atom. The van der Waals surface area contributed by atoms with Crippen LogP contribution in [0.4, 0.5) is 0 Å². The van der Waals surface area contributed by atoms with Gasteiger partial charge in [0.25, 0.3) is 0 Å². The molecule has 1 aliphatic rings. The number of hydrogen-bond donors (Lipinski definition) is 1. The van der Waals surface area contributed by atoms with Crippen LogP contribution in [0.1, 0.15) is 12.0 Å². The van der Waals surface area contributed by atoms with Gasteiger partial charge < -0.3 is 14.6 Å². The Balaban J connectivity index is 1.85. The molecule has 1 aromatic rings. The summed E-state index contributed by atoms with van der Waals surface area (Å²) in [6.45, 7) is 1.22. The van der Waals surface area contributed by atoms with Crippen molar-refractivity contribution in [3.8, 4) is 0 Å². The number of nitrogens with zero attached hydrogens (tertiary/aromatic N) is 1. The molecule has 0 aromatic heterocycles. The number of methoxy groups -OCH3 is 1. The second kappa shape index (κ2) is 7.91. The molecule has 1 heterocycles. The minimum atomic E-state index is -0.908. The van der Waals surface area contributed by atoms with E-state index in [-0.39, 0.29) is 19.1 Å². The fourth-order valence-corrected chi connectivity index (χ4v) is 2.74. The molecule has 0 unspecified atom stereocenters. The Bertz CT molecular complexity index is 505.